The first kappa shape index (κ1) is 27.4. The van der Waals surface area contributed by atoms with Gasteiger partial charge in [-0.1, -0.05) is 6.07 Å². The summed E-state index contributed by atoms with van der Waals surface area (Å²) in [5.74, 6) is -0.490. The maximum Gasteiger partial charge on any atom is 0.416 e. The SMILES string of the molecule is COCC1(COC)C/C(=C\C(=O)Nc2ccc3c(c2)N(CCO)C(=O)CO3)c2ccc(C(F)(F)F)cc2O1. The Morgan fingerprint density at radius 3 is 2.55 bits per heavy atom. The predicted octanol–water partition coefficient (Wildman–Crippen LogP) is 3.26. The summed E-state index contributed by atoms with van der Waals surface area (Å²) in [4.78, 5) is 26.6. The number of hydrogen-bond acceptors (Lipinski definition) is 7. The number of alkyl halides is 3. The van der Waals surface area contributed by atoms with E-state index in [0.717, 1.165) is 12.1 Å². The summed E-state index contributed by atoms with van der Waals surface area (Å²) in [7, 11) is 2.87. The van der Waals surface area contributed by atoms with Gasteiger partial charge in [-0.2, -0.15) is 13.2 Å². The lowest BCUT2D eigenvalue weighted by molar-refractivity contribution is -0.138. The molecule has 0 aromatic heterocycles. The van der Waals surface area contributed by atoms with Crippen molar-refractivity contribution in [3.05, 3.63) is 53.6 Å². The Labute approximate surface area is 216 Å². The molecule has 0 fully saturated rings. The molecule has 2 amide bonds. The Morgan fingerprint density at radius 2 is 1.89 bits per heavy atom. The largest absolute Gasteiger partial charge is 0.482 e. The Bertz CT molecular complexity index is 1240. The van der Waals surface area contributed by atoms with E-state index in [4.69, 9.17) is 18.9 Å². The number of aliphatic hydroxyl groups excluding tert-OH is 1. The molecule has 9 nitrogen and oxygen atoms in total. The molecule has 204 valence electrons. The van der Waals surface area contributed by atoms with Crippen LogP contribution in [0.2, 0.25) is 0 Å². The third-order valence-electron chi connectivity index (χ3n) is 6.11. The van der Waals surface area contributed by atoms with Crippen LogP contribution >= 0.6 is 0 Å². The fourth-order valence-electron chi connectivity index (χ4n) is 4.58. The number of benzene rings is 2. The molecule has 2 aliphatic rings. The van der Waals surface area contributed by atoms with Crippen molar-refractivity contribution in [2.45, 2.75) is 18.2 Å². The number of nitrogens with one attached hydrogen (secondary N) is 1. The van der Waals surface area contributed by atoms with Crippen molar-refractivity contribution in [1.29, 1.82) is 0 Å². The maximum absolute atomic E-state index is 13.4. The summed E-state index contributed by atoms with van der Waals surface area (Å²) < 4.78 is 62.1. The standard InChI is InChI=1S/C26H27F3N2O7/c1-35-14-25(15-36-2)12-16(19-5-3-17(26(27,28)29)10-22(19)38-25)9-23(33)30-18-4-6-21-20(11-18)31(7-8-32)24(34)13-37-21/h3-6,9-11,32H,7-8,12-15H2,1-2H3,(H,30,33)/b16-9+. The highest BCUT2D eigenvalue weighted by Crippen LogP contribution is 2.44. The number of carbonyl (C=O) groups excluding carboxylic acids is 2. The molecule has 2 N–H and O–H groups in total. The number of halogens is 3. The maximum atomic E-state index is 13.4. The molecule has 0 spiro atoms. The lowest BCUT2D eigenvalue weighted by atomic mass is 9.86. The second-order valence-electron chi connectivity index (χ2n) is 8.94. The van der Waals surface area contributed by atoms with Crippen LogP contribution in [0.5, 0.6) is 11.5 Å². The Balaban J connectivity index is 1.67. The van der Waals surface area contributed by atoms with E-state index in [1.807, 2.05) is 0 Å². The van der Waals surface area contributed by atoms with E-state index in [2.05, 4.69) is 5.32 Å². The first-order valence-corrected chi connectivity index (χ1v) is 11.7. The molecule has 0 bridgehead atoms. The minimum Gasteiger partial charge on any atom is -0.482 e. The van der Waals surface area contributed by atoms with E-state index in [9.17, 15) is 27.9 Å². The zero-order valence-electron chi connectivity index (χ0n) is 20.8. The van der Waals surface area contributed by atoms with Gasteiger partial charge >= 0.3 is 6.18 Å². The molecule has 0 saturated carbocycles. The molecule has 2 heterocycles. The van der Waals surface area contributed by atoms with Gasteiger partial charge < -0.3 is 34.3 Å². The first-order valence-electron chi connectivity index (χ1n) is 11.7. The topological polar surface area (TPSA) is 107 Å². The average Bonchev–Trinajstić information content (AvgIpc) is 2.85. The Morgan fingerprint density at radius 1 is 1.16 bits per heavy atom. The van der Waals surface area contributed by atoms with Crippen molar-refractivity contribution < 1.29 is 46.8 Å². The second kappa shape index (κ2) is 11.0. The molecular formula is C26H27F3N2O7. The van der Waals surface area contributed by atoms with Gasteiger partial charge in [0, 0.05) is 44.5 Å². The van der Waals surface area contributed by atoms with Crippen LogP contribution in [0.3, 0.4) is 0 Å². The number of carbonyl (C=O) groups is 2. The number of methoxy groups -OCH3 is 2. The molecule has 0 saturated heterocycles. The van der Waals surface area contributed by atoms with Crippen LogP contribution < -0.4 is 19.7 Å². The number of ether oxygens (including phenoxy) is 4. The van der Waals surface area contributed by atoms with Crippen molar-refractivity contribution in [2.75, 3.05) is 57.4 Å². The fourth-order valence-corrected chi connectivity index (χ4v) is 4.58. The number of fused-ring (bicyclic) bond motifs is 2. The molecule has 12 heteroatoms. The van der Waals surface area contributed by atoms with Crippen LogP contribution in [0.25, 0.3) is 5.57 Å². The number of hydrogen-bond donors (Lipinski definition) is 2. The molecule has 2 aliphatic heterocycles. The van der Waals surface area contributed by atoms with Gasteiger partial charge in [0.15, 0.2) is 12.2 Å². The van der Waals surface area contributed by atoms with Crippen molar-refractivity contribution in [3.63, 3.8) is 0 Å². The van der Waals surface area contributed by atoms with Crippen molar-refractivity contribution >= 4 is 28.8 Å². The quantitative estimate of drug-likeness (QED) is 0.499. The van der Waals surface area contributed by atoms with Gasteiger partial charge in [-0.3, -0.25) is 9.59 Å². The van der Waals surface area contributed by atoms with Crippen LogP contribution in [0.15, 0.2) is 42.5 Å². The average molecular weight is 537 g/mol. The molecule has 38 heavy (non-hydrogen) atoms. The third-order valence-corrected chi connectivity index (χ3v) is 6.11. The van der Waals surface area contributed by atoms with Crippen LogP contribution in [-0.2, 0) is 25.2 Å². The van der Waals surface area contributed by atoms with Gasteiger partial charge in [-0.15, -0.1) is 0 Å². The van der Waals surface area contributed by atoms with Crippen molar-refractivity contribution in [1.82, 2.24) is 0 Å². The van der Waals surface area contributed by atoms with Gasteiger partial charge in [0.05, 0.1) is 31.1 Å². The summed E-state index contributed by atoms with van der Waals surface area (Å²) in [6.45, 7) is -0.332. The van der Waals surface area contributed by atoms with Gasteiger partial charge in [0.25, 0.3) is 5.91 Å². The van der Waals surface area contributed by atoms with E-state index < -0.39 is 23.2 Å². The molecular weight excluding hydrogens is 509 g/mol. The van der Waals surface area contributed by atoms with Gasteiger partial charge in [-0.25, -0.2) is 0 Å². The third kappa shape index (κ3) is 5.77. The van der Waals surface area contributed by atoms with E-state index >= 15 is 0 Å². The van der Waals surface area contributed by atoms with Crippen molar-refractivity contribution in [3.8, 4) is 11.5 Å². The molecule has 0 atom stereocenters. The number of nitrogens with zero attached hydrogens (tertiary/aromatic N) is 1. The summed E-state index contributed by atoms with van der Waals surface area (Å²) in [6.07, 6.45) is -3.15. The van der Waals surface area contributed by atoms with E-state index in [1.54, 1.807) is 18.2 Å². The predicted molar refractivity (Wildman–Crippen MR) is 131 cm³/mol. The highest BCUT2D eigenvalue weighted by atomic mass is 19.4. The summed E-state index contributed by atoms with van der Waals surface area (Å²) in [5, 5.41) is 12.0. The minimum absolute atomic E-state index is 0.00896. The Kier molecular flexibility index (Phi) is 7.95. The van der Waals surface area contributed by atoms with Crippen LogP contribution in [-0.4, -0.2) is 69.7 Å². The lowest BCUT2D eigenvalue weighted by Gasteiger charge is -2.39. The monoisotopic (exact) mass is 536 g/mol. The van der Waals surface area contributed by atoms with E-state index in [-0.39, 0.29) is 51.0 Å². The van der Waals surface area contributed by atoms with Gasteiger partial charge in [0.2, 0.25) is 5.91 Å². The fraction of sp³-hybridized carbons (Fsp3) is 0.385. The highest BCUT2D eigenvalue weighted by molar-refractivity contribution is 6.05. The summed E-state index contributed by atoms with van der Waals surface area (Å²) in [5.41, 5.74) is -0.507. The molecule has 0 radical (unpaired) electrons. The van der Waals surface area contributed by atoms with Gasteiger partial charge in [0.1, 0.15) is 11.5 Å². The molecule has 0 aliphatic carbocycles. The van der Waals surface area contributed by atoms with E-state index in [1.165, 1.54) is 31.3 Å². The van der Waals surface area contributed by atoms with E-state index in [0.29, 0.717) is 28.3 Å². The Hall–Kier alpha value is -3.61. The number of aliphatic hydroxyl groups is 1. The summed E-state index contributed by atoms with van der Waals surface area (Å²) >= 11 is 0. The zero-order chi connectivity index (χ0) is 27.5. The lowest BCUT2D eigenvalue weighted by Crippen LogP contribution is -2.47. The van der Waals surface area contributed by atoms with Crippen LogP contribution in [0.1, 0.15) is 17.5 Å². The minimum atomic E-state index is -4.58. The smallest absolute Gasteiger partial charge is 0.416 e. The zero-order valence-corrected chi connectivity index (χ0v) is 20.8. The number of β-amino-alcohol motifs (C(OH)–C–C–N with tert-alkyl or cyclic N) is 1. The van der Waals surface area contributed by atoms with Crippen molar-refractivity contribution in [2.24, 2.45) is 0 Å². The first-order chi connectivity index (χ1) is 18.1. The number of anilines is 2. The van der Waals surface area contributed by atoms with Crippen LogP contribution in [0.4, 0.5) is 24.5 Å². The normalized spacial score (nSPS) is 17.4. The molecule has 0 unspecified atom stereocenters. The second-order valence-corrected chi connectivity index (χ2v) is 8.94. The molecule has 2 aromatic rings. The number of rotatable bonds is 8. The summed E-state index contributed by atoms with van der Waals surface area (Å²) in [6, 6.07) is 7.84. The highest BCUT2D eigenvalue weighted by Gasteiger charge is 2.41. The van der Waals surface area contributed by atoms with Gasteiger partial charge in [-0.05, 0) is 35.9 Å². The van der Waals surface area contributed by atoms with Crippen LogP contribution in [0, 0.1) is 0 Å². The molecule has 2 aromatic carbocycles. The molecule has 4 rings (SSSR count). The number of amides is 2.